The second-order valence-corrected chi connectivity index (χ2v) is 6.05. The maximum Gasteiger partial charge on any atom is 0.0750 e. The van der Waals surface area contributed by atoms with Crippen molar-refractivity contribution < 1.29 is 4.74 Å². The van der Waals surface area contributed by atoms with E-state index in [9.17, 15) is 0 Å². The van der Waals surface area contributed by atoms with Gasteiger partial charge in [-0.05, 0) is 43.5 Å². The number of nitrogens with one attached hydrogen (secondary N) is 1. The van der Waals surface area contributed by atoms with Gasteiger partial charge in [-0.3, -0.25) is 0 Å². The summed E-state index contributed by atoms with van der Waals surface area (Å²) in [4.78, 5) is 2.36. The fraction of sp³-hybridized carbons (Fsp3) is 0.647. The summed E-state index contributed by atoms with van der Waals surface area (Å²) in [5, 5.41) is 4.18. The second-order valence-electron chi connectivity index (χ2n) is 5.65. The lowest BCUT2D eigenvalue weighted by molar-refractivity contribution is 0.0440. The van der Waals surface area contributed by atoms with E-state index in [0.29, 0.717) is 6.10 Å². The molecule has 0 bridgehead atoms. The van der Waals surface area contributed by atoms with Crippen molar-refractivity contribution in [1.82, 2.24) is 5.32 Å². The van der Waals surface area contributed by atoms with Crippen LogP contribution in [0.5, 0.6) is 0 Å². The molecule has 0 aliphatic carbocycles. The predicted octanol–water partition coefficient (Wildman–Crippen LogP) is 3.84. The first kappa shape index (κ1) is 16.6. The molecule has 1 N–H and O–H groups in total. The van der Waals surface area contributed by atoms with Crippen LogP contribution in [0.1, 0.15) is 38.7 Å². The van der Waals surface area contributed by atoms with Crippen molar-refractivity contribution in [2.45, 2.75) is 45.8 Å². The molecule has 1 aliphatic heterocycles. The lowest BCUT2D eigenvalue weighted by atomic mass is 10.1. The van der Waals surface area contributed by atoms with Crippen molar-refractivity contribution in [1.29, 1.82) is 0 Å². The van der Waals surface area contributed by atoms with Crippen molar-refractivity contribution >= 4 is 17.3 Å². The molecule has 3 nitrogen and oxygen atoms in total. The maximum atomic E-state index is 6.48. The summed E-state index contributed by atoms with van der Waals surface area (Å²) in [6.07, 6.45) is 3.75. The number of piperidine rings is 1. The summed E-state index contributed by atoms with van der Waals surface area (Å²) >= 11 is 6.48. The Balaban J connectivity index is 2.00. The van der Waals surface area contributed by atoms with Crippen LogP contribution in [0, 0.1) is 0 Å². The van der Waals surface area contributed by atoms with E-state index in [1.165, 1.54) is 12.0 Å². The van der Waals surface area contributed by atoms with Gasteiger partial charge in [0.05, 0.1) is 16.8 Å². The van der Waals surface area contributed by atoms with E-state index in [0.717, 1.165) is 56.3 Å². The first-order chi connectivity index (χ1) is 10.2. The Labute approximate surface area is 133 Å². The Hall–Kier alpha value is -0.770. The summed E-state index contributed by atoms with van der Waals surface area (Å²) in [5.41, 5.74) is 2.38. The molecule has 1 aromatic carbocycles. The minimum absolute atomic E-state index is 0.344. The molecule has 1 aromatic rings. The van der Waals surface area contributed by atoms with E-state index in [1.54, 1.807) is 0 Å². The van der Waals surface area contributed by atoms with Gasteiger partial charge in [0.15, 0.2) is 0 Å². The third kappa shape index (κ3) is 4.87. The molecule has 0 saturated carbocycles. The zero-order valence-corrected chi connectivity index (χ0v) is 14.0. The van der Waals surface area contributed by atoms with Gasteiger partial charge in [-0.2, -0.15) is 0 Å². The molecule has 1 atom stereocenters. The quantitative estimate of drug-likeness (QED) is 0.828. The lowest BCUT2D eigenvalue weighted by Crippen LogP contribution is -2.40. The van der Waals surface area contributed by atoms with Crippen LogP contribution in [0.25, 0.3) is 0 Å². The molecule has 0 spiro atoms. The molecule has 4 heteroatoms. The Morgan fingerprint density at radius 3 is 2.95 bits per heavy atom. The van der Waals surface area contributed by atoms with Gasteiger partial charge < -0.3 is 15.0 Å². The molecular formula is C17H27ClN2O. The maximum absolute atomic E-state index is 6.48. The summed E-state index contributed by atoms with van der Waals surface area (Å²) in [7, 11) is 0. The number of halogens is 1. The van der Waals surface area contributed by atoms with Crippen LogP contribution >= 0.6 is 11.6 Å². The molecule has 0 amide bonds. The molecule has 1 saturated heterocycles. The van der Waals surface area contributed by atoms with Crippen LogP contribution in [0.3, 0.4) is 0 Å². The van der Waals surface area contributed by atoms with Crippen LogP contribution in [-0.2, 0) is 11.3 Å². The topological polar surface area (TPSA) is 24.5 Å². The third-order valence-electron chi connectivity index (χ3n) is 3.87. The van der Waals surface area contributed by atoms with Gasteiger partial charge in [-0.15, -0.1) is 0 Å². The Kier molecular flexibility index (Phi) is 6.81. The highest BCUT2D eigenvalue weighted by Crippen LogP contribution is 2.29. The van der Waals surface area contributed by atoms with Gasteiger partial charge in [0, 0.05) is 26.2 Å². The summed E-state index contributed by atoms with van der Waals surface area (Å²) < 4.78 is 5.91. The van der Waals surface area contributed by atoms with Gasteiger partial charge in [-0.25, -0.2) is 0 Å². The largest absolute Gasteiger partial charge is 0.376 e. The van der Waals surface area contributed by atoms with Crippen molar-refractivity contribution in [2.24, 2.45) is 0 Å². The standard InChI is InChI=1S/C17H27ClN2O/c1-3-10-21-15-6-5-9-20(13-15)17-8-7-14(11-16(17)18)12-19-4-2/h7-8,11,15,19H,3-6,9-10,12-13H2,1-2H3. The Morgan fingerprint density at radius 1 is 1.38 bits per heavy atom. The molecule has 1 aliphatic rings. The highest BCUT2D eigenvalue weighted by Gasteiger charge is 2.21. The highest BCUT2D eigenvalue weighted by molar-refractivity contribution is 6.33. The van der Waals surface area contributed by atoms with E-state index in [2.05, 4.69) is 42.3 Å². The van der Waals surface area contributed by atoms with Crippen LogP contribution in [-0.4, -0.2) is 32.3 Å². The molecule has 1 unspecified atom stereocenters. The van der Waals surface area contributed by atoms with Gasteiger partial charge in [0.1, 0.15) is 0 Å². The zero-order valence-electron chi connectivity index (χ0n) is 13.2. The smallest absolute Gasteiger partial charge is 0.0750 e. The van der Waals surface area contributed by atoms with Gasteiger partial charge in [0.25, 0.3) is 0 Å². The molecule has 118 valence electrons. The monoisotopic (exact) mass is 310 g/mol. The van der Waals surface area contributed by atoms with Crippen molar-refractivity contribution in [2.75, 3.05) is 31.1 Å². The first-order valence-electron chi connectivity index (χ1n) is 8.10. The Morgan fingerprint density at radius 2 is 2.24 bits per heavy atom. The zero-order chi connectivity index (χ0) is 15.1. The fourth-order valence-electron chi connectivity index (χ4n) is 2.76. The normalized spacial score (nSPS) is 19.0. The van der Waals surface area contributed by atoms with Crippen molar-refractivity contribution in [3.05, 3.63) is 28.8 Å². The SMILES string of the molecule is CCCOC1CCCN(c2ccc(CNCC)cc2Cl)C1. The number of benzene rings is 1. The van der Waals surface area contributed by atoms with Crippen molar-refractivity contribution in [3.8, 4) is 0 Å². The van der Waals surface area contributed by atoms with E-state index >= 15 is 0 Å². The molecule has 0 aromatic heterocycles. The number of ether oxygens (including phenoxy) is 1. The van der Waals surface area contributed by atoms with E-state index in [-0.39, 0.29) is 0 Å². The second kappa shape index (κ2) is 8.62. The lowest BCUT2D eigenvalue weighted by Gasteiger charge is -2.35. The van der Waals surface area contributed by atoms with Crippen LogP contribution in [0.15, 0.2) is 18.2 Å². The third-order valence-corrected chi connectivity index (χ3v) is 4.17. The van der Waals surface area contributed by atoms with Crippen molar-refractivity contribution in [3.63, 3.8) is 0 Å². The number of hydrogen-bond donors (Lipinski definition) is 1. The molecule has 2 rings (SSSR count). The van der Waals surface area contributed by atoms with E-state index < -0.39 is 0 Å². The fourth-order valence-corrected chi connectivity index (χ4v) is 3.09. The van der Waals surface area contributed by atoms with Gasteiger partial charge in [-0.1, -0.05) is 31.5 Å². The molecule has 21 heavy (non-hydrogen) atoms. The van der Waals surface area contributed by atoms with Crippen LogP contribution in [0.2, 0.25) is 5.02 Å². The van der Waals surface area contributed by atoms with E-state index in [4.69, 9.17) is 16.3 Å². The minimum Gasteiger partial charge on any atom is -0.376 e. The van der Waals surface area contributed by atoms with Crippen LogP contribution < -0.4 is 10.2 Å². The molecule has 0 radical (unpaired) electrons. The van der Waals surface area contributed by atoms with Gasteiger partial charge in [0.2, 0.25) is 0 Å². The summed E-state index contributed by atoms with van der Waals surface area (Å²) in [6.45, 7) is 8.99. The average molecular weight is 311 g/mol. The molecular weight excluding hydrogens is 284 g/mol. The molecule has 1 fully saturated rings. The average Bonchev–Trinajstić information content (AvgIpc) is 2.51. The number of hydrogen-bond acceptors (Lipinski definition) is 3. The minimum atomic E-state index is 0.344. The molecule has 1 heterocycles. The summed E-state index contributed by atoms with van der Waals surface area (Å²) in [5.74, 6) is 0. The summed E-state index contributed by atoms with van der Waals surface area (Å²) in [6, 6.07) is 6.40. The number of nitrogens with zero attached hydrogens (tertiary/aromatic N) is 1. The van der Waals surface area contributed by atoms with Crippen LogP contribution in [0.4, 0.5) is 5.69 Å². The predicted molar refractivity (Wildman–Crippen MR) is 90.3 cm³/mol. The van der Waals surface area contributed by atoms with E-state index in [1.807, 2.05) is 0 Å². The number of rotatable bonds is 7. The highest BCUT2D eigenvalue weighted by atomic mass is 35.5. The number of anilines is 1. The van der Waals surface area contributed by atoms with Gasteiger partial charge >= 0.3 is 0 Å². The Bertz CT molecular complexity index is 439. The first-order valence-corrected chi connectivity index (χ1v) is 8.48.